The Labute approximate surface area is 197 Å². The molecule has 8 heteroatoms. The molecule has 1 aliphatic heterocycles. The number of aryl methyl sites for hydroxylation is 1. The average molecular weight is 464 g/mol. The number of halogens is 1. The van der Waals surface area contributed by atoms with Gasteiger partial charge in [0.2, 0.25) is 0 Å². The summed E-state index contributed by atoms with van der Waals surface area (Å²) in [6, 6.07) is 13.8. The highest BCUT2D eigenvalue weighted by Crippen LogP contribution is 2.31. The highest BCUT2D eigenvalue weighted by molar-refractivity contribution is 6.33. The van der Waals surface area contributed by atoms with Crippen LogP contribution in [0.4, 0.5) is 11.5 Å². The van der Waals surface area contributed by atoms with Crippen LogP contribution in [0.1, 0.15) is 5.56 Å². The Kier molecular flexibility index (Phi) is 6.44. The smallest absolute Gasteiger partial charge is 0.157 e. The van der Waals surface area contributed by atoms with E-state index < -0.39 is 0 Å². The average Bonchev–Trinajstić information content (AvgIpc) is 3.31. The quantitative estimate of drug-likeness (QED) is 0.424. The van der Waals surface area contributed by atoms with Crippen LogP contribution in [0, 0.1) is 6.92 Å². The Morgan fingerprint density at radius 3 is 2.85 bits per heavy atom. The maximum absolute atomic E-state index is 6.45. The van der Waals surface area contributed by atoms with E-state index in [1.807, 2.05) is 60.0 Å². The van der Waals surface area contributed by atoms with Crippen molar-refractivity contribution < 1.29 is 9.47 Å². The molecule has 0 saturated carbocycles. The van der Waals surface area contributed by atoms with Gasteiger partial charge in [-0.2, -0.15) is 0 Å². The van der Waals surface area contributed by atoms with E-state index in [-0.39, 0.29) is 0 Å². The molecule has 1 fully saturated rings. The summed E-state index contributed by atoms with van der Waals surface area (Å²) in [7, 11) is 0. The SMILES string of the molecule is Cc1cccc(Cl)c1Nc1nc(-c2cccc(OCCN3CCOCC3)c2)cn2cncc12. The molecule has 1 aliphatic rings. The number of imidazole rings is 1. The van der Waals surface area contributed by atoms with Gasteiger partial charge in [-0.1, -0.05) is 35.9 Å². The van der Waals surface area contributed by atoms with Crippen molar-refractivity contribution in [1.29, 1.82) is 0 Å². The van der Waals surface area contributed by atoms with Gasteiger partial charge in [0.05, 0.1) is 42.1 Å². The lowest BCUT2D eigenvalue weighted by molar-refractivity contribution is 0.0322. The summed E-state index contributed by atoms with van der Waals surface area (Å²) in [5, 5.41) is 4.06. The second kappa shape index (κ2) is 9.79. The van der Waals surface area contributed by atoms with E-state index in [2.05, 4.69) is 15.2 Å². The fourth-order valence-electron chi connectivity index (χ4n) is 3.93. The van der Waals surface area contributed by atoms with E-state index in [0.717, 1.165) is 66.6 Å². The maximum atomic E-state index is 6.45. The van der Waals surface area contributed by atoms with Gasteiger partial charge in [-0.15, -0.1) is 0 Å². The van der Waals surface area contributed by atoms with Gasteiger partial charge in [-0.25, -0.2) is 9.97 Å². The second-order valence-corrected chi connectivity index (χ2v) is 8.46. The van der Waals surface area contributed by atoms with E-state index in [4.69, 9.17) is 26.1 Å². The molecule has 0 spiro atoms. The van der Waals surface area contributed by atoms with Crippen molar-refractivity contribution in [3.63, 3.8) is 0 Å². The van der Waals surface area contributed by atoms with Crippen LogP contribution < -0.4 is 10.1 Å². The highest BCUT2D eigenvalue weighted by Gasteiger charge is 2.13. The number of nitrogens with one attached hydrogen (secondary N) is 1. The molecule has 2 aromatic carbocycles. The molecule has 1 saturated heterocycles. The third-order valence-electron chi connectivity index (χ3n) is 5.78. The molecule has 0 atom stereocenters. The number of anilines is 2. The molecule has 0 unspecified atom stereocenters. The zero-order valence-electron chi connectivity index (χ0n) is 18.5. The first-order valence-corrected chi connectivity index (χ1v) is 11.4. The fourth-order valence-corrected chi connectivity index (χ4v) is 4.20. The number of nitrogens with zero attached hydrogens (tertiary/aromatic N) is 4. The first-order chi connectivity index (χ1) is 16.2. The van der Waals surface area contributed by atoms with E-state index in [1.54, 1.807) is 12.5 Å². The number of rotatable bonds is 7. The molecule has 7 nitrogen and oxygen atoms in total. The van der Waals surface area contributed by atoms with E-state index in [9.17, 15) is 0 Å². The topological polar surface area (TPSA) is 63.9 Å². The van der Waals surface area contributed by atoms with Gasteiger partial charge in [0.25, 0.3) is 0 Å². The minimum absolute atomic E-state index is 0.635. The van der Waals surface area contributed by atoms with E-state index in [1.165, 1.54) is 0 Å². The minimum atomic E-state index is 0.635. The molecule has 0 amide bonds. The number of hydrogen-bond acceptors (Lipinski definition) is 6. The molecular weight excluding hydrogens is 438 g/mol. The van der Waals surface area contributed by atoms with Crippen molar-refractivity contribution in [2.24, 2.45) is 0 Å². The number of fused-ring (bicyclic) bond motifs is 1. The molecule has 0 radical (unpaired) electrons. The summed E-state index contributed by atoms with van der Waals surface area (Å²) in [6.07, 6.45) is 5.53. The van der Waals surface area contributed by atoms with Crippen molar-refractivity contribution >= 4 is 28.6 Å². The summed E-state index contributed by atoms with van der Waals surface area (Å²) in [6.45, 7) is 7.04. The highest BCUT2D eigenvalue weighted by atomic mass is 35.5. The molecule has 2 aromatic heterocycles. The van der Waals surface area contributed by atoms with Crippen molar-refractivity contribution in [3.05, 3.63) is 71.8 Å². The molecule has 170 valence electrons. The summed E-state index contributed by atoms with van der Waals surface area (Å²) in [5.41, 5.74) is 4.53. The van der Waals surface area contributed by atoms with Crippen LogP contribution in [0.25, 0.3) is 16.8 Å². The Morgan fingerprint density at radius 2 is 2.00 bits per heavy atom. The van der Waals surface area contributed by atoms with Crippen LogP contribution in [0.3, 0.4) is 0 Å². The number of aromatic nitrogens is 3. The Morgan fingerprint density at radius 1 is 1.15 bits per heavy atom. The van der Waals surface area contributed by atoms with Crippen LogP contribution in [0.2, 0.25) is 5.02 Å². The summed E-state index contributed by atoms with van der Waals surface area (Å²) in [4.78, 5) is 11.6. The lowest BCUT2D eigenvalue weighted by Gasteiger charge is -2.26. The van der Waals surface area contributed by atoms with Crippen molar-refractivity contribution in [1.82, 2.24) is 19.3 Å². The molecule has 1 N–H and O–H groups in total. The summed E-state index contributed by atoms with van der Waals surface area (Å²) in [5.74, 6) is 1.52. The van der Waals surface area contributed by atoms with Crippen LogP contribution in [-0.2, 0) is 4.74 Å². The monoisotopic (exact) mass is 463 g/mol. The normalized spacial score (nSPS) is 14.5. The first kappa shape index (κ1) is 21.7. The molecular formula is C25H26ClN5O2. The lowest BCUT2D eigenvalue weighted by atomic mass is 10.1. The van der Waals surface area contributed by atoms with Gasteiger partial charge in [-0.05, 0) is 30.7 Å². The number of para-hydroxylation sites is 1. The van der Waals surface area contributed by atoms with Crippen LogP contribution in [0.5, 0.6) is 5.75 Å². The van der Waals surface area contributed by atoms with E-state index in [0.29, 0.717) is 17.4 Å². The van der Waals surface area contributed by atoms with Crippen molar-refractivity contribution in [3.8, 4) is 17.0 Å². The standard InChI is InChI=1S/C25H26ClN5O2/c1-18-4-2-7-21(26)24(18)29-25-23-15-27-17-31(23)16-22(28-25)19-5-3-6-20(14-19)33-13-10-30-8-11-32-12-9-30/h2-7,14-17H,8-13H2,1H3,(H,28,29). The lowest BCUT2D eigenvalue weighted by Crippen LogP contribution is -2.38. The van der Waals surface area contributed by atoms with Gasteiger partial charge < -0.3 is 19.2 Å². The predicted octanol–water partition coefficient (Wildman–Crippen LogP) is 4.81. The molecule has 33 heavy (non-hydrogen) atoms. The van der Waals surface area contributed by atoms with Gasteiger partial charge in [-0.3, -0.25) is 4.90 Å². The Bertz CT molecular complexity index is 1230. The zero-order valence-corrected chi connectivity index (χ0v) is 19.3. The van der Waals surface area contributed by atoms with Crippen LogP contribution in [-0.4, -0.2) is 58.7 Å². The van der Waals surface area contributed by atoms with E-state index >= 15 is 0 Å². The van der Waals surface area contributed by atoms with Crippen LogP contribution in [0.15, 0.2) is 61.2 Å². The number of ether oxygens (including phenoxy) is 2. The fraction of sp³-hybridized carbons (Fsp3) is 0.280. The molecule has 0 bridgehead atoms. The van der Waals surface area contributed by atoms with Crippen LogP contribution >= 0.6 is 11.6 Å². The molecule has 3 heterocycles. The maximum Gasteiger partial charge on any atom is 0.157 e. The number of benzene rings is 2. The summed E-state index contributed by atoms with van der Waals surface area (Å²) < 4.78 is 13.4. The second-order valence-electron chi connectivity index (χ2n) is 8.05. The minimum Gasteiger partial charge on any atom is -0.492 e. The number of hydrogen-bond donors (Lipinski definition) is 1. The molecule has 0 aliphatic carbocycles. The largest absolute Gasteiger partial charge is 0.492 e. The summed E-state index contributed by atoms with van der Waals surface area (Å²) >= 11 is 6.45. The predicted molar refractivity (Wildman–Crippen MR) is 131 cm³/mol. The van der Waals surface area contributed by atoms with Gasteiger partial charge in [0.1, 0.15) is 17.9 Å². The van der Waals surface area contributed by atoms with Crippen molar-refractivity contribution in [2.45, 2.75) is 6.92 Å². The number of morpholine rings is 1. The Hall–Kier alpha value is -3.13. The third kappa shape index (κ3) is 4.95. The Balaban J connectivity index is 1.39. The van der Waals surface area contributed by atoms with Crippen molar-refractivity contribution in [2.75, 3.05) is 44.8 Å². The third-order valence-corrected chi connectivity index (χ3v) is 6.09. The first-order valence-electron chi connectivity index (χ1n) is 11.1. The van der Waals surface area contributed by atoms with Gasteiger partial charge in [0, 0.05) is 31.4 Å². The van der Waals surface area contributed by atoms with Gasteiger partial charge >= 0.3 is 0 Å². The van der Waals surface area contributed by atoms with Gasteiger partial charge in [0.15, 0.2) is 5.82 Å². The molecule has 4 aromatic rings. The zero-order chi connectivity index (χ0) is 22.6. The molecule has 5 rings (SSSR count).